The van der Waals surface area contributed by atoms with Crippen LogP contribution in [0.25, 0.3) is 0 Å². The van der Waals surface area contributed by atoms with E-state index in [0.717, 1.165) is 50.6 Å². The third kappa shape index (κ3) is 3.98. The van der Waals surface area contributed by atoms with Crippen molar-refractivity contribution in [1.29, 1.82) is 0 Å². The van der Waals surface area contributed by atoms with Crippen LogP contribution in [0.15, 0.2) is 72.8 Å². The van der Waals surface area contributed by atoms with Crippen molar-refractivity contribution in [2.45, 2.75) is 25.4 Å². The van der Waals surface area contributed by atoms with E-state index in [4.69, 9.17) is 11.6 Å². The van der Waals surface area contributed by atoms with Crippen molar-refractivity contribution >= 4 is 11.6 Å². The van der Waals surface area contributed by atoms with Crippen molar-refractivity contribution in [2.75, 3.05) is 26.2 Å². The lowest BCUT2D eigenvalue weighted by Crippen LogP contribution is -2.47. The van der Waals surface area contributed by atoms with Gasteiger partial charge in [0.05, 0.1) is 6.04 Å². The summed E-state index contributed by atoms with van der Waals surface area (Å²) in [4.78, 5) is 5.26. The quantitative estimate of drug-likeness (QED) is 0.583. The van der Waals surface area contributed by atoms with Gasteiger partial charge in [0.2, 0.25) is 0 Å². The summed E-state index contributed by atoms with van der Waals surface area (Å²) in [6.45, 7) is 5.40. The zero-order valence-electron chi connectivity index (χ0n) is 16.7. The maximum atomic E-state index is 6.04. The first-order chi connectivity index (χ1) is 14.3. The SMILES string of the molecule is Clc1ccc(CN2CCN(C3c4ccccc4CCc4ccccc43)CC2)cc1. The molecule has 3 aromatic carbocycles. The minimum absolute atomic E-state index is 0.377. The van der Waals surface area contributed by atoms with Crippen molar-refractivity contribution in [2.24, 2.45) is 0 Å². The summed E-state index contributed by atoms with van der Waals surface area (Å²) >= 11 is 6.04. The first-order valence-corrected chi connectivity index (χ1v) is 11.0. The molecule has 2 nitrogen and oxygen atoms in total. The van der Waals surface area contributed by atoms with Crippen molar-refractivity contribution in [1.82, 2.24) is 9.80 Å². The minimum atomic E-state index is 0.377. The van der Waals surface area contributed by atoms with Crippen LogP contribution in [0.1, 0.15) is 33.9 Å². The molecular weight excluding hydrogens is 376 g/mol. The van der Waals surface area contributed by atoms with E-state index in [1.165, 1.54) is 27.8 Å². The molecule has 1 aliphatic heterocycles. The van der Waals surface area contributed by atoms with Crippen molar-refractivity contribution in [3.05, 3.63) is 106 Å². The van der Waals surface area contributed by atoms with Gasteiger partial charge >= 0.3 is 0 Å². The molecule has 1 fully saturated rings. The number of nitrogens with zero attached hydrogens (tertiary/aromatic N) is 2. The number of halogens is 1. The van der Waals surface area contributed by atoms with E-state index in [1.807, 2.05) is 12.1 Å². The van der Waals surface area contributed by atoms with Gasteiger partial charge in [0.25, 0.3) is 0 Å². The van der Waals surface area contributed by atoms with E-state index in [1.54, 1.807) is 0 Å². The zero-order valence-corrected chi connectivity index (χ0v) is 17.5. The average molecular weight is 403 g/mol. The van der Waals surface area contributed by atoms with E-state index in [9.17, 15) is 0 Å². The zero-order chi connectivity index (χ0) is 19.6. The van der Waals surface area contributed by atoms with Gasteiger partial charge in [-0.15, -0.1) is 0 Å². The van der Waals surface area contributed by atoms with Crippen molar-refractivity contribution in [3.8, 4) is 0 Å². The number of rotatable bonds is 3. The summed E-state index contributed by atoms with van der Waals surface area (Å²) in [6, 6.07) is 26.8. The highest BCUT2D eigenvalue weighted by Gasteiger charge is 2.30. The Labute approximate surface area is 178 Å². The molecular formula is C26H27ClN2. The second kappa shape index (κ2) is 8.31. The predicted octanol–water partition coefficient (Wildman–Crippen LogP) is 5.35. The van der Waals surface area contributed by atoms with Crippen LogP contribution in [0.4, 0.5) is 0 Å². The summed E-state index contributed by atoms with van der Waals surface area (Å²) in [5, 5.41) is 0.810. The van der Waals surface area contributed by atoms with Crippen molar-refractivity contribution in [3.63, 3.8) is 0 Å². The molecule has 0 aromatic heterocycles. The van der Waals surface area contributed by atoms with Gasteiger partial charge in [-0.05, 0) is 52.8 Å². The molecule has 0 spiro atoms. The Kier molecular flexibility index (Phi) is 5.41. The Balaban J connectivity index is 1.37. The smallest absolute Gasteiger partial charge is 0.0608 e. The molecule has 1 heterocycles. The molecule has 0 amide bonds. The Morgan fingerprint density at radius 1 is 0.690 bits per heavy atom. The topological polar surface area (TPSA) is 6.48 Å². The van der Waals surface area contributed by atoms with Gasteiger partial charge in [0, 0.05) is 37.7 Å². The molecule has 2 aliphatic rings. The molecule has 3 heteroatoms. The van der Waals surface area contributed by atoms with Crippen LogP contribution in [-0.4, -0.2) is 36.0 Å². The average Bonchev–Trinajstić information content (AvgIpc) is 2.93. The highest BCUT2D eigenvalue weighted by Crippen LogP contribution is 2.37. The maximum Gasteiger partial charge on any atom is 0.0608 e. The Morgan fingerprint density at radius 2 is 1.24 bits per heavy atom. The van der Waals surface area contributed by atoms with Crippen LogP contribution < -0.4 is 0 Å². The molecule has 0 bridgehead atoms. The monoisotopic (exact) mass is 402 g/mol. The third-order valence-corrected chi connectivity index (χ3v) is 6.71. The van der Waals surface area contributed by atoms with E-state index in [-0.39, 0.29) is 0 Å². The normalized spacial score (nSPS) is 18.1. The maximum absolute atomic E-state index is 6.04. The summed E-state index contributed by atoms with van der Waals surface area (Å²) in [7, 11) is 0. The third-order valence-electron chi connectivity index (χ3n) is 6.45. The fraction of sp³-hybridized carbons (Fsp3) is 0.308. The van der Waals surface area contributed by atoms with Gasteiger partial charge in [-0.25, -0.2) is 0 Å². The molecule has 5 rings (SSSR count). The number of hydrogen-bond acceptors (Lipinski definition) is 2. The van der Waals surface area contributed by atoms with Gasteiger partial charge in [0.15, 0.2) is 0 Å². The van der Waals surface area contributed by atoms with Crippen LogP contribution in [-0.2, 0) is 19.4 Å². The molecule has 0 unspecified atom stereocenters. The number of hydrogen-bond donors (Lipinski definition) is 0. The van der Waals surface area contributed by atoms with Crippen molar-refractivity contribution < 1.29 is 0 Å². The molecule has 1 saturated heterocycles. The molecule has 29 heavy (non-hydrogen) atoms. The summed E-state index contributed by atoms with van der Waals surface area (Å²) < 4.78 is 0. The van der Waals surface area contributed by atoms with Crippen LogP contribution in [0.3, 0.4) is 0 Å². The van der Waals surface area contributed by atoms with E-state index in [2.05, 4.69) is 70.5 Å². The Hall–Kier alpha value is -2.13. The summed E-state index contributed by atoms with van der Waals surface area (Å²) in [6.07, 6.45) is 2.28. The van der Waals surface area contributed by atoms with E-state index < -0.39 is 0 Å². The molecule has 0 radical (unpaired) electrons. The molecule has 0 N–H and O–H groups in total. The molecule has 148 valence electrons. The number of benzene rings is 3. The fourth-order valence-electron chi connectivity index (χ4n) is 4.92. The highest BCUT2D eigenvalue weighted by atomic mass is 35.5. The second-order valence-electron chi connectivity index (χ2n) is 8.24. The molecule has 3 aromatic rings. The van der Waals surface area contributed by atoms with Gasteiger partial charge in [-0.2, -0.15) is 0 Å². The Bertz CT molecular complexity index is 927. The lowest BCUT2D eigenvalue weighted by atomic mass is 9.92. The standard InChI is InChI=1S/C26H27ClN2/c27-23-13-9-20(10-14-23)19-28-15-17-29(18-16-28)26-24-7-3-1-5-21(24)11-12-22-6-2-4-8-25(22)26/h1-10,13-14,26H,11-12,15-19H2. The first kappa shape index (κ1) is 18.9. The highest BCUT2D eigenvalue weighted by molar-refractivity contribution is 6.30. The van der Waals surface area contributed by atoms with Crippen LogP contribution >= 0.6 is 11.6 Å². The second-order valence-corrected chi connectivity index (χ2v) is 8.68. The number of fused-ring (bicyclic) bond motifs is 2. The fourth-order valence-corrected chi connectivity index (χ4v) is 5.04. The van der Waals surface area contributed by atoms with E-state index >= 15 is 0 Å². The van der Waals surface area contributed by atoms with Crippen LogP contribution in [0.2, 0.25) is 5.02 Å². The summed E-state index contributed by atoms with van der Waals surface area (Å²) in [5.74, 6) is 0. The van der Waals surface area contributed by atoms with Gasteiger partial charge in [-0.3, -0.25) is 9.80 Å². The van der Waals surface area contributed by atoms with E-state index in [0.29, 0.717) is 6.04 Å². The number of aryl methyl sites for hydroxylation is 2. The van der Waals surface area contributed by atoms with Crippen LogP contribution in [0.5, 0.6) is 0 Å². The molecule has 0 atom stereocenters. The molecule has 1 aliphatic carbocycles. The van der Waals surface area contributed by atoms with Gasteiger partial charge < -0.3 is 0 Å². The first-order valence-electron chi connectivity index (χ1n) is 10.6. The summed E-state index contributed by atoms with van der Waals surface area (Å²) in [5.41, 5.74) is 7.37. The predicted molar refractivity (Wildman–Crippen MR) is 120 cm³/mol. The number of piperazine rings is 1. The van der Waals surface area contributed by atoms with Gasteiger partial charge in [0.1, 0.15) is 0 Å². The lowest BCUT2D eigenvalue weighted by Gasteiger charge is -2.40. The van der Waals surface area contributed by atoms with Crippen LogP contribution in [0, 0.1) is 0 Å². The molecule has 0 saturated carbocycles. The minimum Gasteiger partial charge on any atom is -0.297 e. The van der Waals surface area contributed by atoms with Gasteiger partial charge in [-0.1, -0.05) is 72.3 Å². The Morgan fingerprint density at radius 3 is 1.83 bits per heavy atom. The lowest BCUT2D eigenvalue weighted by molar-refractivity contribution is 0.104. The largest absolute Gasteiger partial charge is 0.297 e.